The molecule has 186 valence electrons. The van der Waals surface area contributed by atoms with Gasteiger partial charge in [0.2, 0.25) is 10.0 Å². The average Bonchev–Trinajstić information content (AvgIpc) is 3.13. The largest absolute Gasteiger partial charge is 0.289 e. The van der Waals surface area contributed by atoms with E-state index in [-0.39, 0.29) is 24.3 Å². The molecular formula is C25H22ClN3O6S. The second kappa shape index (κ2) is 10.6. The number of fused-ring (bicyclic) bond motifs is 1. The van der Waals surface area contributed by atoms with E-state index in [1.165, 1.54) is 17.6 Å². The molecule has 1 heterocycles. The Morgan fingerprint density at radius 1 is 0.889 bits per heavy atom. The summed E-state index contributed by atoms with van der Waals surface area (Å²) in [7, 11) is -4.13. The summed E-state index contributed by atoms with van der Waals surface area (Å²) in [6.07, 6.45) is 0.0590. The molecule has 0 saturated heterocycles. The highest BCUT2D eigenvalue weighted by molar-refractivity contribution is 7.89. The summed E-state index contributed by atoms with van der Waals surface area (Å²) in [6, 6.07) is 18.2. The van der Waals surface area contributed by atoms with Gasteiger partial charge in [0, 0.05) is 11.6 Å². The predicted octanol–water partition coefficient (Wildman–Crippen LogP) is 3.24. The van der Waals surface area contributed by atoms with Crippen molar-refractivity contribution in [2.45, 2.75) is 23.8 Å². The molecule has 9 nitrogen and oxygen atoms in total. The number of carbonyl (C=O) groups is 3. The Hall–Kier alpha value is -3.57. The molecule has 1 aliphatic rings. The van der Waals surface area contributed by atoms with Crippen LogP contribution in [0.2, 0.25) is 5.02 Å². The van der Waals surface area contributed by atoms with Crippen molar-refractivity contribution in [3.05, 3.63) is 88.9 Å². The summed E-state index contributed by atoms with van der Waals surface area (Å²) < 4.78 is 28.1. The number of hydrogen-bond acceptors (Lipinski definition) is 6. The third kappa shape index (κ3) is 5.31. The van der Waals surface area contributed by atoms with Crippen molar-refractivity contribution >= 4 is 39.3 Å². The summed E-state index contributed by atoms with van der Waals surface area (Å²) in [5.74, 6) is -1.85. The molecule has 4 rings (SSSR count). The zero-order valence-corrected chi connectivity index (χ0v) is 20.4. The molecule has 0 bridgehead atoms. The van der Waals surface area contributed by atoms with E-state index in [2.05, 4.69) is 4.72 Å². The smallest absolute Gasteiger partial charge is 0.261 e. The first kappa shape index (κ1) is 25.5. The van der Waals surface area contributed by atoms with Gasteiger partial charge in [-0.2, -0.15) is 4.72 Å². The maximum atomic E-state index is 12.9. The van der Waals surface area contributed by atoms with Crippen molar-refractivity contribution in [2.24, 2.45) is 0 Å². The van der Waals surface area contributed by atoms with Crippen molar-refractivity contribution in [3.63, 3.8) is 0 Å². The molecule has 1 atom stereocenters. The first-order valence-corrected chi connectivity index (χ1v) is 12.8. The van der Waals surface area contributed by atoms with Gasteiger partial charge >= 0.3 is 0 Å². The molecule has 0 aromatic heterocycles. The first-order valence-electron chi connectivity index (χ1n) is 11.0. The van der Waals surface area contributed by atoms with Crippen LogP contribution < -0.4 is 10.2 Å². The highest BCUT2D eigenvalue weighted by atomic mass is 35.5. The van der Waals surface area contributed by atoms with Crippen LogP contribution in [0.1, 0.15) is 33.6 Å². The van der Waals surface area contributed by atoms with Crippen LogP contribution in [-0.2, 0) is 14.8 Å². The average molecular weight is 528 g/mol. The fourth-order valence-corrected chi connectivity index (χ4v) is 5.30. The Balaban J connectivity index is 1.42. The Labute approximate surface area is 212 Å². The summed E-state index contributed by atoms with van der Waals surface area (Å²) in [5, 5.41) is 9.69. The van der Waals surface area contributed by atoms with Gasteiger partial charge in [-0.25, -0.2) is 13.9 Å². The minimum atomic E-state index is -4.13. The highest BCUT2D eigenvalue weighted by Gasteiger charge is 2.35. The van der Waals surface area contributed by atoms with Gasteiger partial charge in [0.1, 0.15) is 6.04 Å². The fourth-order valence-electron chi connectivity index (χ4n) is 3.94. The minimum absolute atomic E-state index is 0.0148. The molecular weight excluding hydrogens is 506 g/mol. The lowest BCUT2D eigenvalue weighted by atomic mass is 10.1. The zero-order chi connectivity index (χ0) is 25.9. The lowest BCUT2D eigenvalue weighted by molar-refractivity contribution is -0.131. The monoisotopic (exact) mass is 527 g/mol. The minimum Gasteiger partial charge on any atom is -0.289 e. The molecule has 0 aliphatic carbocycles. The second-order valence-electron chi connectivity index (χ2n) is 8.13. The number of sulfonamides is 1. The van der Waals surface area contributed by atoms with Crippen LogP contribution in [0.5, 0.6) is 0 Å². The quantitative estimate of drug-likeness (QED) is 0.222. The zero-order valence-electron chi connectivity index (χ0n) is 18.8. The maximum absolute atomic E-state index is 12.9. The van der Waals surface area contributed by atoms with E-state index >= 15 is 0 Å². The van der Waals surface area contributed by atoms with Gasteiger partial charge in [-0.05, 0) is 60.4 Å². The standard InChI is InChI=1S/C25H22ClN3O6S/c26-18-11-7-16(8-12-18)17-9-13-19(14-10-17)36(34,35)28-22(23(30)27-33)6-3-15-29-24(31)20-4-1-2-5-21(20)25(29)32/h1-2,4-5,7-14,22,28,33H,3,6,15H2,(H,27,30)/t22-/m1/s1. The van der Waals surface area contributed by atoms with Crippen molar-refractivity contribution in [2.75, 3.05) is 6.54 Å². The maximum Gasteiger partial charge on any atom is 0.261 e. The van der Waals surface area contributed by atoms with Crippen molar-refractivity contribution in [1.82, 2.24) is 15.1 Å². The van der Waals surface area contributed by atoms with Crippen molar-refractivity contribution < 1.29 is 28.0 Å². The Kier molecular flexibility index (Phi) is 7.51. The van der Waals surface area contributed by atoms with Gasteiger partial charge in [-0.3, -0.25) is 24.5 Å². The topological polar surface area (TPSA) is 133 Å². The van der Waals surface area contributed by atoms with E-state index in [1.807, 2.05) is 0 Å². The van der Waals surface area contributed by atoms with E-state index in [9.17, 15) is 22.8 Å². The van der Waals surface area contributed by atoms with E-state index < -0.39 is 33.8 Å². The molecule has 0 fully saturated rings. The Morgan fingerprint density at radius 2 is 1.42 bits per heavy atom. The SMILES string of the molecule is O=C(NO)[C@@H](CCCN1C(=O)c2ccccc2C1=O)NS(=O)(=O)c1ccc(-c2ccc(Cl)cc2)cc1. The number of carbonyl (C=O) groups excluding carboxylic acids is 3. The number of rotatable bonds is 9. The lowest BCUT2D eigenvalue weighted by Crippen LogP contribution is -2.46. The molecule has 3 aromatic rings. The first-order chi connectivity index (χ1) is 17.2. The van der Waals surface area contributed by atoms with Gasteiger partial charge in [-0.15, -0.1) is 0 Å². The van der Waals surface area contributed by atoms with E-state index in [1.54, 1.807) is 60.7 Å². The number of amides is 3. The molecule has 36 heavy (non-hydrogen) atoms. The fraction of sp³-hybridized carbons (Fsp3) is 0.160. The number of hydrogen-bond donors (Lipinski definition) is 3. The molecule has 0 saturated carbocycles. The summed E-state index contributed by atoms with van der Waals surface area (Å²) in [5.41, 5.74) is 3.69. The molecule has 11 heteroatoms. The molecule has 0 radical (unpaired) electrons. The number of benzene rings is 3. The molecule has 0 unspecified atom stereocenters. The van der Waals surface area contributed by atoms with Gasteiger partial charge < -0.3 is 0 Å². The van der Waals surface area contributed by atoms with Gasteiger partial charge in [0.05, 0.1) is 16.0 Å². The number of imide groups is 1. The van der Waals surface area contributed by atoms with Gasteiger partial charge in [0.15, 0.2) is 0 Å². The van der Waals surface area contributed by atoms with E-state index in [4.69, 9.17) is 16.8 Å². The molecule has 3 aromatic carbocycles. The van der Waals surface area contributed by atoms with Crippen molar-refractivity contribution in [3.8, 4) is 11.1 Å². The van der Waals surface area contributed by atoms with Crippen LogP contribution in [0.4, 0.5) is 0 Å². The van der Waals surface area contributed by atoms with Crippen LogP contribution in [0.3, 0.4) is 0 Å². The molecule has 1 aliphatic heterocycles. The molecule has 0 spiro atoms. The summed E-state index contributed by atoms with van der Waals surface area (Å²) >= 11 is 5.90. The molecule has 3 N–H and O–H groups in total. The van der Waals surface area contributed by atoms with Gasteiger partial charge in [-0.1, -0.05) is 48.0 Å². The number of nitrogens with zero attached hydrogens (tertiary/aromatic N) is 1. The third-order valence-electron chi connectivity index (χ3n) is 5.82. The Morgan fingerprint density at radius 3 is 1.94 bits per heavy atom. The van der Waals surface area contributed by atoms with Crippen LogP contribution in [0.25, 0.3) is 11.1 Å². The molecule has 3 amide bonds. The van der Waals surface area contributed by atoms with Crippen LogP contribution in [0.15, 0.2) is 77.7 Å². The van der Waals surface area contributed by atoms with E-state index in [0.29, 0.717) is 16.1 Å². The normalized spacial score (nSPS) is 14.0. The number of halogens is 1. The van der Waals surface area contributed by atoms with Gasteiger partial charge in [0.25, 0.3) is 17.7 Å². The van der Waals surface area contributed by atoms with Crippen LogP contribution in [-0.4, -0.2) is 48.8 Å². The highest BCUT2D eigenvalue weighted by Crippen LogP contribution is 2.24. The van der Waals surface area contributed by atoms with Crippen LogP contribution in [0, 0.1) is 0 Å². The predicted molar refractivity (Wildman–Crippen MR) is 132 cm³/mol. The van der Waals surface area contributed by atoms with Crippen molar-refractivity contribution in [1.29, 1.82) is 0 Å². The lowest BCUT2D eigenvalue weighted by Gasteiger charge is -2.19. The number of hydroxylamine groups is 1. The Bertz CT molecular complexity index is 1370. The van der Waals surface area contributed by atoms with Crippen LogP contribution >= 0.6 is 11.6 Å². The summed E-state index contributed by atoms with van der Waals surface area (Å²) in [4.78, 5) is 38.2. The number of nitrogens with one attached hydrogen (secondary N) is 2. The van der Waals surface area contributed by atoms with E-state index in [0.717, 1.165) is 16.0 Å². The summed E-state index contributed by atoms with van der Waals surface area (Å²) in [6.45, 7) is -0.0148. The third-order valence-corrected chi connectivity index (χ3v) is 7.56. The second-order valence-corrected chi connectivity index (χ2v) is 10.3.